The number of pyridine rings is 1. The quantitative estimate of drug-likeness (QED) is 0.587. The Labute approximate surface area is 141 Å². The van der Waals surface area contributed by atoms with Crippen LogP contribution in [0.5, 0.6) is 0 Å². The first-order valence-corrected chi connectivity index (χ1v) is 8.23. The van der Waals surface area contributed by atoms with Crippen molar-refractivity contribution in [3.63, 3.8) is 0 Å². The van der Waals surface area contributed by atoms with Crippen LogP contribution in [-0.4, -0.2) is 41.2 Å². The Kier molecular flexibility index (Phi) is 4.52. The van der Waals surface area contributed by atoms with E-state index >= 15 is 0 Å². The van der Waals surface area contributed by atoms with Crippen molar-refractivity contribution in [1.82, 2.24) is 9.88 Å². The molecule has 0 spiro atoms. The zero-order valence-electron chi connectivity index (χ0n) is 14.0. The molecular weight excluding hydrogens is 306 g/mol. The van der Waals surface area contributed by atoms with E-state index < -0.39 is 5.54 Å². The van der Waals surface area contributed by atoms with Crippen molar-refractivity contribution in [3.8, 4) is 11.8 Å². The number of rotatable bonds is 1. The van der Waals surface area contributed by atoms with E-state index in [9.17, 15) is 9.70 Å². The third-order valence-corrected chi connectivity index (χ3v) is 5.13. The molecule has 1 saturated carbocycles. The minimum atomic E-state index is -0.823. The molecule has 6 nitrogen and oxygen atoms in total. The first-order valence-electron chi connectivity index (χ1n) is 8.23. The lowest BCUT2D eigenvalue weighted by molar-refractivity contribution is 0.0928. The zero-order valence-corrected chi connectivity index (χ0v) is 14.0. The van der Waals surface area contributed by atoms with Crippen molar-refractivity contribution in [3.05, 3.63) is 34.5 Å². The van der Waals surface area contributed by atoms with E-state index in [1.54, 1.807) is 17.3 Å². The summed E-state index contributed by atoms with van der Waals surface area (Å²) < 4.78 is 4.85. The molecule has 0 aromatic carbocycles. The molecule has 1 aliphatic heterocycles. The number of hydrogen-bond donors (Lipinski definition) is 0. The maximum absolute atomic E-state index is 12.0. The Morgan fingerprint density at radius 3 is 3.00 bits per heavy atom. The molecule has 1 unspecified atom stereocenters. The predicted octanol–water partition coefficient (Wildman–Crippen LogP) is 2.89. The largest absolute Gasteiger partial charge is 0.453 e. The van der Waals surface area contributed by atoms with Crippen LogP contribution in [0.1, 0.15) is 36.8 Å². The van der Waals surface area contributed by atoms with Gasteiger partial charge in [0.25, 0.3) is 0 Å². The maximum Gasteiger partial charge on any atom is 0.409 e. The topological polar surface area (TPSA) is 71.9 Å². The highest BCUT2D eigenvalue weighted by Crippen LogP contribution is 2.46. The highest BCUT2D eigenvalue weighted by Gasteiger charge is 2.57. The minimum absolute atomic E-state index is 0.149. The highest BCUT2D eigenvalue weighted by atomic mass is 16.5. The maximum atomic E-state index is 12.0. The third-order valence-electron chi connectivity index (χ3n) is 5.13. The fourth-order valence-corrected chi connectivity index (χ4v) is 3.97. The van der Waals surface area contributed by atoms with Crippen LogP contribution < -0.4 is 0 Å². The Balaban J connectivity index is 1.89. The monoisotopic (exact) mass is 327 g/mol. The van der Waals surface area contributed by atoms with Crippen LogP contribution in [0, 0.1) is 29.6 Å². The van der Waals surface area contributed by atoms with E-state index in [1.165, 1.54) is 7.11 Å². The van der Waals surface area contributed by atoms with Crippen LogP contribution in [-0.2, 0) is 4.74 Å². The summed E-state index contributed by atoms with van der Waals surface area (Å²) in [5.41, 5.74) is 1.06. The van der Waals surface area contributed by atoms with Crippen molar-refractivity contribution in [2.24, 2.45) is 11.1 Å². The van der Waals surface area contributed by atoms with Crippen molar-refractivity contribution < 1.29 is 9.53 Å². The van der Waals surface area contributed by atoms with E-state index in [1.807, 2.05) is 13.0 Å². The highest BCUT2D eigenvalue weighted by molar-refractivity contribution is 5.69. The normalized spacial score (nSPS) is 28.5. The molecule has 1 aromatic heterocycles. The van der Waals surface area contributed by atoms with Crippen LogP contribution >= 0.6 is 0 Å². The van der Waals surface area contributed by atoms with Gasteiger partial charge in [-0.05, 0) is 44.2 Å². The second-order valence-electron chi connectivity index (χ2n) is 6.52. The Morgan fingerprint density at radius 1 is 1.46 bits per heavy atom. The first kappa shape index (κ1) is 16.4. The van der Waals surface area contributed by atoms with Gasteiger partial charge in [-0.2, -0.15) is 4.91 Å². The Hall–Kier alpha value is -2.42. The molecule has 3 atom stereocenters. The molecule has 1 saturated heterocycles. The van der Waals surface area contributed by atoms with E-state index in [-0.39, 0.29) is 18.1 Å². The van der Waals surface area contributed by atoms with Crippen LogP contribution in [0.15, 0.2) is 23.6 Å². The molecule has 2 aliphatic rings. The summed E-state index contributed by atoms with van der Waals surface area (Å²) in [6.07, 6.45) is 6.16. The Morgan fingerprint density at radius 2 is 2.29 bits per heavy atom. The molecule has 1 aliphatic carbocycles. The minimum Gasteiger partial charge on any atom is -0.453 e. The number of fused-ring (bicyclic) bond motifs is 1. The Bertz CT molecular complexity index is 709. The lowest BCUT2D eigenvalue weighted by atomic mass is 9.70. The molecule has 1 aromatic rings. The summed E-state index contributed by atoms with van der Waals surface area (Å²) in [7, 11) is 1.36. The fourth-order valence-electron chi connectivity index (χ4n) is 3.97. The number of methoxy groups -OCH3 is 1. The van der Waals surface area contributed by atoms with Gasteiger partial charge in [0, 0.05) is 24.5 Å². The molecular formula is C18H21N3O3. The van der Waals surface area contributed by atoms with Crippen LogP contribution in [0.3, 0.4) is 0 Å². The number of carbonyl (C=O) groups excluding carboxylic acids is 1. The number of aromatic nitrogens is 1. The summed E-state index contributed by atoms with van der Waals surface area (Å²) in [6.45, 7) is 2.46. The van der Waals surface area contributed by atoms with Gasteiger partial charge in [0.1, 0.15) is 5.54 Å². The number of amides is 1. The predicted molar refractivity (Wildman–Crippen MR) is 89.2 cm³/mol. The third kappa shape index (κ3) is 2.75. The van der Waals surface area contributed by atoms with Crippen molar-refractivity contribution >= 4 is 6.09 Å². The van der Waals surface area contributed by atoms with Gasteiger partial charge < -0.3 is 9.64 Å². The molecule has 0 bridgehead atoms. The van der Waals surface area contributed by atoms with E-state index in [4.69, 9.17) is 4.74 Å². The summed E-state index contributed by atoms with van der Waals surface area (Å²) in [6, 6.07) is 1.75. The molecule has 2 heterocycles. The average molecular weight is 327 g/mol. The van der Waals surface area contributed by atoms with E-state index in [0.29, 0.717) is 13.0 Å². The number of ether oxygens (including phenoxy) is 1. The van der Waals surface area contributed by atoms with Gasteiger partial charge >= 0.3 is 6.09 Å². The van der Waals surface area contributed by atoms with Gasteiger partial charge in [-0.15, -0.1) is 0 Å². The van der Waals surface area contributed by atoms with Crippen molar-refractivity contribution in [1.29, 1.82) is 0 Å². The molecule has 1 amide bonds. The van der Waals surface area contributed by atoms with E-state index in [0.717, 1.165) is 30.4 Å². The van der Waals surface area contributed by atoms with Gasteiger partial charge in [-0.3, -0.25) is 4.98 Å². The molecule has 126 valence electrons. The average Bonchev–Trinajstić information content (AvgIpc) is 2.99. The van der Waals surface area contributed by atoms with Crippen LogP contribution in [0.25, 0.3) is 0 Å². The van der Waals surface area contributed by atoms with Gasteiger partial charge in [-0.25, -0.2) is 4.79 Å². The van der Waals surface area contributed by atoms with Crippen LogP contribution in [0.4, 0.5) is 4.79 Å². The number of carbonyl (C=O) groups is 1. The molecule has 0 radical (unpaired) electrons. The SMILES string of the molecule is COC(=O)N1CC[C@@]2(N=O)C(C#Cc3cncc(C)c3)CCC[C@@H]12. The van der Waals surface area contributed by atoms with Crippen LogP contribution in [0.2, 0.25) is 0 Å². The van der Waals surface area contributed by atoms with Gasteiger partial charge in [0.2, 0.25) is 0 Å². The standard InChI is InChI=1S/C18H21N3O3/c1-13-10-14(12-19-11-13)6-7-15-4-3-5-16-18(15,20-23)8-9-21(16)17(22)24-2/h10-12,15-16H,3-5,8-9H2,1-2H3/t15?,16-,18-/m1/s1. The lowest BCUT2D eigenvalue weighted by Crippen LogP contribution is -2.52. The smallest absolute Gasteiger partial charge is 0.409 e. The number of aryl methyl sites for hydroxylation is 1. The summed E-state index contributed by atoms with van der Waals surface area (Å²) in [5.74, 6) is 6.23. The van der Waals surface area contributed by atoms with Gasteiger partial charge in [0.15, 0.2) is 0 Å². The lowest BCUT2D eigenvalue weighted by Gasteiger charge is -2.39. The second kappa shape index (κ2) is 6.60. The zero-order chi connectivity index (χ0) is 17.2. The summed E-state index contributed by atoms with van der Waals surface area (Å²) >= 11 is 0. The number of likely N-dealkylation sites (tertiary alicyclic amines) is 1. The van der Waals surface area contributed by atoms with Crippen molar-refractivity contribution in [2.75, 3.05) is 13.7 Å². The summed E-state index contributed by atoms with van der Waals surface area (Å²) in [5, 5.41) is 3.50. The van der Waals surface area contributed by atoms with Crippen molar-refractivity contribution in [2.45, 2.75) is 44.2 Å². The summed E-state index contributed by atoms with van der Waals surface area (Å²) in [4.78, 5) is 29.5. The van der Waals surface area contributed by atoms with Gasteiger partial charge in [0.05, 0.1) is 19.1 Å². The molecule has 3 rings (SSSR count). The first-order chi connectivity index (χ1) is 11.6. The number of hydrogen-bond acceptors (Lipinski definition) is 5. The second-order valence-corrected chi connectivity index (χ2v) is 6.52. The van der Waals surface area contributed by atoms with Gasteiger partial charge in [-0.1, -0.05) is 17.0 Å². The molecule has 24 heavy (non-hydrogen) atoms. The molecule has 0 N–H and O–H groups in total. The fraction of sp³-hybridized carbons (Fsp3) is 0.556. The van der Waals surface area contributed by atoms with E-state index in [2.05, 4.69) is 22.0 Å². The molecule has 6 heteroatoms. The number of nitroso groups, excluding NO2 is 1. The molecule has 2 fully saturated rings. The number of nitrogens with zero attached hydrogens (tertiary/aromatic N) is 3.